The zero-order valence-corrected chi connectivity index (χ0v) is 11.4. The molecular formula is C14H15N3O3. The van der Waals surface area contributed by atoms with Gasteiger partial charge in [0.05, 0.1) is 16.9 Å². The van der Waals surface area contributed by atoms with Gasteiger partial charge in [0.25, 0.3) is 5.91 Å². The summed E-state index contributed by atoms with van der Waals surface area (Å²) in [6.07, 6.45) is 1.47. The van der Waals surface area contributed by atoms with E-state index in [1.807, 2.05) is 6.92 Å². The number of aryl methyl sites for hydroxylation is 3. The summed E-state index contributed by atoms with van der Waals surface area (Å²) in [5.74, 6) is -1.46. The van der Waals surface area contributed by atoms with E-state index < -0.39 is 5.97 Å². The number of carboxylic acid groups (broad SMARTS) is 1. The van der Waals surface area contributed by atoms with E-state index in [-0.39, 0.29) is 17.2 Å². The fraction of sp³-hybridized carbons (Fsp3) is 0.214. The molecule has 0 unspecified atom stereocenters. The molecule has 20 heavy (non-hydrogen) atoms. The molecule has 2 aromatic rings. The van der Waals surface area contributed by atoms with Gasteiger partial charge < -0.3 is 15.4 Å². The van der Waals surface area contributed by atoms with Crippen LogP contribution in [0.1, 0.15) is 37.8 Å². The summed E-state index contributed by atoms with van der Waals surface area (Å²) in [4.78, 5) is 30.3. The molecule has 0 aromatic carbocycles. The summed E-state index contributed by atoms with van der Waals surface area (Å²) < 4.78 is 0. The van der Waals surface area contributed by atoms with Gasteiger partial charge in [0.15, 0.2) is 0 Å². The van der Waals surface area contributed by atoms with Gasteiger partial charge in [0.2, 0.25) is 0 Å². The Balaban J connectivity index is 2.31. The van der Waals surface area contributed by atoms with Crippen LogP contribution in [0.4, 0.5) is 5.69 Å². The average Bonchev–Trinajstić information content (AvgIpc) is 2.70. The Kier molecular flexibility index (Phi) is 3.56. The predicted molar refractivity (Wildman–Crippen MR) is 74.2 cm³/mol. The highest BCUT2D eigenvalue weighted by Gasteiger charge is 2.18. The summed E-state index contributed by atoms with van der Waals surface area (Å²) in [5.41, 5.74) is 2.66. The highest BCUT2D eigenvalue weighted by Crippen LogP contribution is 2.20. The Morgan fingerprint density at radius 2 is 1.95 bits per heavy atom. The number of carbonyl (C=O) groups excluding carboxylic acids is 1. The second-order valence-corrected chi connectivity index (χ2v) is 4.55. The standard InChI is InChI=1S/C14H15N3O3/c1-7-4-5-10(8(2)16-7)13(18)17-11-6-15-9(3)12(11)14(19)20/h4-6,15H,1-3H3,(H,17,18)(H,19,20). The van der Waals surface area contributed by atoms with Gasteiger partial charge in [-0.1, -0.05) is 0 Å². The van der Waals surface area contributed by atoms with E-state index in [4.69, 9.17) is 5.11 Å². The van der Waals surface area contributed by atoms with Gasteiger partial charge >= 0.3 is 5.97 Å². The van der Waals surface area contributed by atoms with Crippen molar-refractivity contribution in [3.8, 4) is 0 Å². The highest BCUT2D eigenvalue weighted by molar-refractivity contribution is 6.08. The third-order valence-corrected chi connectivity index (χ3v) is 3.01. The third kappa shape index (κ3) is 2.54. The van der Waals surface area contributed by atoms with Gasteiger partial charge in [-0.25, -0.2) is 4.79 Å². The number of H-pyrrole nitrogens is 1. The molecule has 6 nitrogen and oxygen atoms in total. The molecule has 2 heterocycles. The fourth-order valence-electron chi connectivity index (χ4n) is 2.02. The summed E-state index contributed by atoms with van der Waals surface area (Å²) >= 11 is 0. The van der Waals surface area contributed by atoms with Crippen LogP contribution in [0.15, 0.2) is 18.3 Å². The highest BCUT2D eigenvalue weighted by atomic mass is 16.4. The molecule has 104 valence electrons. The van der Waals surface area contributed by atoms with Crippen LogP contribution in [0.5, 0.6) is 0 Å². The zero-order chi connectivity index (χ0) is 14.9. The second-order valence-electron chi connectivity index (χ2n) is 4.55. The molecule has 0 aliphatic carbocycles. The summed E-state index contributed by atoms with van der Waals surface area (Å²) in [5, 5.41) is 11.7. The molecule has 6 heteroatoms. The first-order valence-corrected chi connectivity index (χ1v) is 6.07. The van der Waals surface area contributed by atoms with Crippen LogP contribution in [-0.4, -0.2) is 27.0 Å². The van der Waals surface area contributed by atoms with Crippen molar-refractivity contribution in [2.24, 2.45) is 0 Å². The van der Waals surface area contributed by atoms with Crippen LogP contribution in [0.25, 0.3) is 0 Å². The summed E-state index contributed by atoms with van der Waals surface area (Å²) in [6, 6.07) is 3.41. The van der Waals surface area contributed by atoms with Gasteiger partial charge in [0, 0.05) is 17.6 Å². The monoisotopic (exact) mass is 273 g/mol. The molecule has 0 radical (unpaired) electrons. The van der Waals surface area contributed by atoms with Crippen molar-refractivity contribution >= 4 is 17.6 Å². The number of aromatic nitrogens is 2. The molecule has 0 atom stereocenters. The first-order chi connectivity index (χ1) is 9.40. The van der Waals surface area contributed by atoms with Crippen LogP contribution >= 0.6 is 0 Å². The molecular weight excluding hydrogens is 258 g/mol. The molecule has 2 rings (SSSR count). The summed E-state index contributed by atoms with van der Waals surface area (Å²) in [6.45, 7) is 5.22. The Hall–Kier alpha value is -2.63. The number of nitrogens with zero attached hydrogens (tertiary/aromatic N) is 1. The Morgan fingerprint density at radius 3 is 2.55 bits per heavy atom. The number of amides is 1. The lowest BCUT2D eigenvalue weighted by Crippen LogP contribution is -2.16. The van der Waals surface area contributed by atoms with E-state index in [0.717, 1.165) is 5.69 Å². The minimum Gasteiger partial charge on any atom is -0.478 e. The molecule has 0 saturated heterocycles. The number of hydrogen-bond acceptors (Lipinski definition) is 3. The van der Waals surface area contributed by atoms with Crippen molar-refractivity contribution < 1.29 is 14.7 Å². The van der Waals surface area contributed by atoms with E-state index >= 15 is 0 Å². The first kappa shape index (κ1) is 13.8. The largest absolute Gasteiger partial charge is 0.478 e. The van der Waals surface area contributed by atoms with Crippen LogP contribution in [0.2, 0.25) is 0 Å². The molecule has 2 aromatic heterocycles. The lowest BCUT2D eigenvalue weighted by molar-refractivity contribution is 0.0697. The number of carboxylic acids is 1. The molecule has 3 N–H and O–H groups in total. The average molecular weight is 273 g/mol. The van der Waals surface area contributed by atoms with Gasteiger partial charge in [-0.3, -0.25) is 9.78 Å². The van der Waals surface area contributed by atoms with Crippen LogP contribution < -0.4 is 5.32 Å². The number of hydrogen-bond donors (Lipinski definition) is 3. The number of anilines is 1. The molecule has 0 fully saturated rings. The molecule has 0 aliphatic rings. The first-order valence-electron chi connectivity index (χ1n) is 6.07. The van der Waals surface area contributed by atoms with Gasteiger partial charge in [-0.2, -0.15) is 0 Å². The number of aromatic amines is 1. The minimum atomic E-state index is -1.09. The number of carbonyl (C=O) groups is 2. The van der Waals surface area contributed by atoms with E-state index in [1.54, 1.807) is 26.0 Å². The smallest absolute Gasteiger partial charge is 0.339 e. The molecule has 1 amide bonds. The van der Waals surface area contributed by atoms with E-state index in [9.17, 15) is 9.59 Å². The van der Waals surface area contributed by atoms with Crippen molar-refractivity contribution in [1.82, 2.24) is 9.97 Å². The number of aromatic carboxylic acids is 1. The van der Waals surface area contributed by atoms with Crippen molar-refractivity contribution in [1.29, 1.82) is 0 Å². The van der Waals surface area contributed by atoms with Crippen LogP contribution in [0.3, 0.4) is 0 Å². The topological polar surface area (TPSA) is 95.1 Å². The van der Waals surface area contributed by atoms with Crippen LogP contribution in [-0.2, 0) is 0 Å². The van der Waals surface area contributed by atoms with Crippen molar-refractivity contribution in [2.45, 2.75) is 20.8 Å². The Morgan fingerprint density at radius 1 is 1.25 bits per heavy atom. The molecule has 0 saturated carbocycles. The zero-order valence-electron chi connectivity index (χ0n) is 11.4. The molecule has 0 spiro atoms. The molecule has 0 bridgehead atoms. The van der Waals surface area contributed by atoms with Gasteiger partial charge in [-0.05, 0) is 32.9 Å². The fourth-order valence-corrected chi connectivity index (χ4v) is 2.02. The molecule has 0 aliphatic heterocycles. The quantitative estimate of drug-likeness (QED) is 0.799. The van der Waals surface area contributed by atoms with Crippen molar-refractivity contribution in [2.75, 3.05) is 5.32 Å². The van der Waals surface area contributed by atoms with Gasteiger partial charge in [-0.15, -0.1) is 0 Å². The lowest BCUT2D eigenvalue weighted by atomic mass is 10.1. The van der Waals surface area contributed by atoms with Gasteiger partial charge in [0.1, 0.15) is 5.56 Å². The number of nitrogens with one attached hydrogen (secondary N) is 2. The van der Waals surface area contributed by atoms with E-state index in [0.29, 0.717) is 17.0 Å². The maximum absolute atomic E-state index is 12.2. The maximum atomic E-state index is 12.2. The van der Waals surface area contributed by atoms with E-state index in [2.05, 4.69) is 15.3 Å². The predicted octanol–water partition coefficient (Wildman–Crippen LogP) is 2.29. The van der Waals surface area contributed by atoms with Crippen molar-refractivity contribution in [3.05, 3.63) is 46.5 Å². The second kappa shape index (κ2) is 5.16. The maximum Gasteiger partial charge on any atom is 0.339 e. The summed E-state index contributed by atoms with van der Waals surface area (Å²) in [7, 11) is 0. The Bertz CT molecular complexity index is 689. The minimum absolute atomic E-state index is 0.0658. The SMILES string of the molecule is Cc1ccc(C(=O)Nc2c[nH]c(C)c2C(=O)O)c(C)n1. The third-order valence-electron chi connectivity index (χ3n) is 3.01. The normalized spacial score (nSPS) is 10.3. The van der Waals surface area contributed by atoms with E-state index in [1.165, 1.54) is 6.20 Å². The Labute approximate surface area is 115 Å². The lowest BCUT2D eigenvalue weighted by Gasteiger charge is -2.07. The number of pyridine rings is 1. The van der Waals surface area contributed by atoms with Crippen LogP contribution in [0, 0.1) is 20.8 Å². The number of rotatable bonds is 3. The van der Waals surface area contributed by atoms with Crippen molar-refractivity contribution in [3.63, 3.8) is 0 Å².